The fraction of sp³-hybridized carbons (Fsp3) is 1.00. The minimum Gasteiger partial charge on any atom is -0.748 e. The van der Waals surface area contributed by atoms with Crippen molar-refractivity contribution < 1.29 is 69.5 Å². The molecule has 0 aliphatic heterocycles. The molecule has 152 valence electrons. The van der Waals surface area contributed by atoms with Crippen LogP contribution in [0.2, 0.25) is 0 Å². The molecule has 0 fully saturated rings. The molecule has 26 heavy (non-hydrogen) atoms. The molecule has 4 nitrogen and oxygen atoms in total. The zero-order chi connectivity index (χ0) is 19.0. The molecule has 0 aromatic carbocycles. The van der Waals surface area contributed by atoms with Crippen LogP contribution in [-0.4, -0.2) is 29.4 Å². The Kier molecular flexibility index (Phi) is 22.6. The maximum absolute atomic E-state index is 11.3. The average Bonchev–Trinajstić information content (AvgIpc) is 2.52. The summed E-state index contributed by atoms with van der Waals surface area (Å²) in [5.41, 5.74) is 0. The van der Waals surface area contributed by atoms with Crippen molar-refractivity contribution in [2.24, 2.45) is 0 Å². The largest absolute Gasteiger partial charge is 1.00 e. The van der Waals surface area contributed by atoms with Crippen LogP contribution in [-0.2, 0) is 10.1 Å². The van der Waals surface area contributed by atoms with Gasteiger partial charge in [-0.15, -0.1) is 0 Å². The molecule has 0 aliphatic carbocycles. The number of hydrogen-bond acceptors (Lipinski definition) is 4. The van der Waals surface area contributed by atoms with Gasteiger partial charge in [0.1, 0.15) is 0 Å². The quantitative estimate of drug-likeness (QED) is 0.212. The summed E-state index contributed by atoms with van der Waals surface area (Å²) in [5, 5.41) is 8.51. The molecule has 6 heteroatoms. The van der Waals surface area contributed by atoms with Gasteiger partial charge in [-0.05, 0) is 26.2 Å². The Morgan fingerprint density at radius 1 is 0.731 bits per heavy atom. The van der Waals surface area contributed by atoms with Crippen LogP contribution < -0.4 is 51.4 Å². The zero-order valence-corrected chi connectivity index (χ0v) is 21.5. The van der Waals surface area contributed by atoms with Crippen LogP contribution in [0.15, 0.2) is 0 Å². The first-order valence-electron chi connectivity index (χ1n) is 10.5. The van der Waals surface area contributed by atoms with Gasteiger partial charge in [-0.3, -0.25) is 0 Å². The second-order valence-electron chi connectivity index (χ2n) is 7.57. The van der Waals surface area contributed by atoms with Crippen molar-refractivity contribution in [2.45, 2.75) is 128 Å². The van der Waals surface area contributed by atoms with E-state index >= 15 is 0 Å². The summed E-state index contributed by atoms with van der Waals surface area (Å²) in [7, 11) is -4.13. The minimum atomic E-state index is -4.13. The predicted octanol–water partition coefficient (Wildman–Crippen LogP) is 2.55. The summed E-state index contributed by atoms with van der Waals surface area (Å²) >= 11 is 0. The molecule has 0 saturated carbocycles. The maximum atomic E-state index is 11.3. The van der Waals surface area contributed by atoms with Crippen molar-refractivity contribution in [1.29, 1.82) is 0 Å². The molecule has 2 unspecified atom stereocenters. The third-order valence-corrected chi connectivity index (χ3v) is 6.22. The van der Waals surface area contributed by atoms with Crippen molar-refractivity contribution in [3.63, 3.8) is 0 Å². The second kappa shape index (κ2) is 19.8. The standard InChI is InChI=1S/C20H42O4S.K/c1-3-4-13-17-20(25(22,23)24)18-15-12-10-8-6-5-7-9-11-14-16-19(2)21;/h19-21H,3-18H2,1-2H3,(H,22,23,24);/q;+1/p-1. The molecule has 0 bridgehead atoms. The Morgan fingerprint density at radius 2 is 1.08 bits per heavy atom. The Hall–Kier alpha value is 1.51. The summed E-state index contributed by atoms with van der Waals surface area (Å²) in [6.45, 7) is 3.93. The predicted molar refractivity (Wildman–Crippen MR) is 105 cm³/mol. The topological polar surface area (TPSA) is 77.4 Å². The fourth-order valence-corrected chi connectivity index (χ4v) is 4.19. The van der Waals surface area contributed by atoms with E-state index in [0.717, 1.165) is 51.4 Å². The number of aliphatic hydroxyl groups excluding tert-OH is 1. The van der Waals surface area contributed by atoms with Gasteiger partial charge in [-0.1, -0.05) is 90.4 Å². The molecule has 0 aromatic rings. The van der Waals surface area contributed by atoms with Crippen molar-refractivity contribution in [2.75, 3.05) is 0 Å². The van der Waals surface area contributed by atoms with E-state index in [1.807, 2.05) is 6.92 Å². The van der Waals surface area contributed by atoms with Crippen LogP contribution in [0.5, 0.6) is 0 Å². The molecule has 0 amide bonds. The molecule has 0 rings (SSSR count). The summed E-state index contributed by atoms with van der Waals surface area (Å²) in [5.74, 6) is 0. The number of hydrogen-bond donors (Lipinski definition) is 1. The van der Waals surface area contributed by atoms with Crippen LogP contribution in [0.1, 0.15) is 117 Å². The molecular formula is C20H41KO4S. The van der Waals surface area contributed by atoms with Crippen LogP contribution in [0.25, 0.3) is 0 Å². The first-order chi connectivity index (χ1) is 11.9. The molecule has 0 radical (unpaired) electrons. The van der Waals surface area contributed by atoms with Gasteiger partial charge in [0.2, 0.25) is 0 Å². The average molecular weight is 417 g/mol. The van der Waals surface area contributed by atoms with E-state index in [-0.39, 0.29) is 57.5 Å². The Balaban J connectivity index is 0. The Morgan fingerprint density at radius 3 is 1.42 bits per heavy atom. The molecule has 0 heterocycles. The molecule has 2 atom stereocenters. The van der Waals surface area contributed by atoms with Crippen LogP contribution >= 0.6 is 0 Å². The smallest absolute Gasteiger partial charge is 0.748 e. The molecule has 0 saturated heterocycles. The van der Waals surface area contributed by atoms with Gasteiger partial charge in [0, 0.05) is 5.25 Å². The first kappa shape index (κ1) is 29.7. The van der Waals surface area contributed by atoms with Crippen LogP contribution in [0.4, 0.5) is 0 Å². The SMILES string of the molecule is CCCCCC(CCCCCCCCCCCCC(C)O)S(=O)(=O)[O-].[K+]. The molecular weight excluding hydrogens is 375 g/mol. The third kappa shape index (κ3) is 20.2. The van der Waals surface area contributed by atoms with E-state index < -0.39 is 15.4 Å². The molecule has 0 aliphatic rings. The van der Waals surface area contributed by atoms with Gasteiger partial charge in [0.25, 0.3) is 0 Å². The summed E-state index contributed by atoms with van der Waals surface area (Å²) < 4.78 is 33.9. The maximum Gasteiger partial charge on any atom is 1.00 e. The van der Waals surface area contributed by atoms with Crippen LogP contribution in [0, 0.1) is 0 Å². The minimum absolute atomic E-state index is 0. The second-order valence-corrected chi connectivity index (χ2v) is 9.22. The van der Waals surface area contributed by atoms with Crippen LogP contribution in [0.3, 0.4) is 0 Å². The van der Waals surface area contributed by atoms with Crippen molar-refractivity contribution in [1.82, 2.24) is 0 Å². The Bertz CT molecular complexity index is 385. The van der Waals surface area contributed by atoms with Gasteiger partial charge >= 0.3 is 51.4 Å². The zero-order valence-electron chi connectivity index (χ0n) is 17.5. The van der Waals surface area contributed by atoms with E-state index in [1.54, 1.807) is 0 Å². The summed E-state index contributed by atoms with van der Waals surface area (Å²) in [6, 6.07) is 0. The number of aliphatic hydroxyl groups is 1. The van der Waals surface area contributed by atoms with E-state index in [1.165, 1.54) is 38.5 Å². The molecule has 1 N–H and O–H groups in total. The first-order valence-corrected chi connectivity index (χ1v) is 12.0. The van der Waals surface area contributed by atoms with Gasteiger partial charge in [-0.25, -0.2) is 8.42 Å². The Labute approximate surface area is 205 Å². The number of rotatable bonds is 18. The van der Waals surface area contributed by atoms with E-state index in [2.05, 4.69) is 6.92 Å². The molecule has 0 aromatic heterocycles. The van der Waals surface area contributed by atoms with Crippen molar-refractivity contribution >= 4 is 10.1 Å². The van der Waals surface area contributed by atoms with Crippen molar-refractivity contribution in [3.8, 4) is 0 Å². The van der Waals surface area contributed by atoms with Gasteiger partial charge in [0.15, 0.2) is 0 Å². The number of unbranched alkanes of at least 4 members (excludes halogenated alkanes) is 11. The van der Waals surface area contributed by atoms with Gasteiger partial charge in [0.05, 0.1) is 16.2 Å². The fourth-order valence-electron chi connectivity index (χ4n) is 3.28. The third-order valence-electron chi connectivity index (χ3n) is 4.94. The summed E-state index contributed by atoms with van der Waals surface area (Å²) in [6.07, 6.45) is 16.4. The normalized spacial score (nSPS) is 14.0. The van der Waals surface area contributed by atoms with Gasteiger partial charge < -0.3 is 9.66 Å². The monoisotopic (exact) mass is 416 g/mol. The van der Waals surface area contributed by atoms with E-state index in [0.29, 0.717) is 12.8 Å². The van der Waals surface area contributed by atoms with Gasteiger partial charge in [-0.2, -0.15) is 0 Å². The molecule has 0 spiro atoms. The van der Waals surface area contributed by atoms with Crippen molar-refractivity contribution in [3.05, 3.63) is 0 Å². The van der Waals surface area contributed by atoms with E-state index in [4.69, 9.17) is 0 Å². The van der Waals surface area contributed by atoms with E-state index in [9.17, 15) is 18.1 Å². The summed E-state index contributed by atoms with van der Waals surface area (Å²) in [4.78, 5) is 0.